The van der Waals surface area contributed by atoms with Gasteiger partial charge in [-0.2, -0.15) is 0 Å². The van der Waals surface area contributed by atoms with Gasteiger partial charge in [0.2, 0.25) is 0 Å². The van der Waals surface area contributed by atoms with Gasteiger partial charge in [0.15, 0.2) is 0 Å². The monoisotopic (exact) mass is 372 g/mol. The van der Waals surface area contributed by atoms with Crippen molar-refractivity contribution >= 4 is 21.9 Å². The van der Waals surface area contributed by atoms with Crippen molar-refractivity contribution in [2.75, 3.05) is 11.9 Å². The maximum absolute atomic E-state index is 12.0. The standard InChI is InChI=1S/C19H33BrO2/c1-2-4-15-5-7-16(8-6-15)17-9-11-18(12-10-17)19(21)22-14-3-13-20/h15-18H,2-14H2,1H3. The fourth-order valence-corrected chi connectivity index (χ4v) is 4.76. The summed E-state index contributed by atoms with van der Waals surface area (Å²) in [4.78, 5) is 12.0. The summed E-state index contributed by atoms with van der Waals surface area (Å²) in [6.07, 6.45) is 14.1. The molecule has 22 heavy (non-hydrogen) atoms. The Morgan fingerprint density at radius 1 is 1.00 bits per heavy atom. The molecule has 0 bridgehead atoms. The van der Waals surface area contributed by atoms with Crippen LogP contribution in [0, 0.1) is 23.7 Å². The molecule has 2 nitrogen and oxygen atoms in total. The number of hydrogen-bond acceptors (Lipinski definition) is 2. The van der Waals surface area contributed by atoms with Crippen molar-refractivity contribution in [3.63, 3.8) is 0 Å². The molecule has 2 aliphatic rings. The first-order valence-electron chi connectivity index (χ1n) is 9.47. The molecule has 0 atom stereocenters. The van der Waals surface area contributed by atoms with Gasteiger partial charge >= 0.3 is 5.97 Å². The normalized spacial score (nSPS) is 32.6. The van der Waals surface area contributed by atoms with Gasteiger partial charge in [0.25, 0.3) is 0 Å². The molecule has 0 aromatic rings. The highest BCUT2D eigenvalue weighted by molar-refractivity contribution is 9.09. The van der Waals surface area contributed by atoms with Crippen molar-refractivity contribution in [2.24, 2.45) is 23.7 Å². The molecule has 0 heterocycles. The van der Waals surface area contributed by atoms with E-state index in [1.165, 1.54) is 51.4 Å². The third-order valence-electron chi connectivity index (χ3n) is 5.88. The van der Waals surface area contributed by atoms with Crippen LogP contribution in [-0.2, 0) is 9.53 Å². The highest BCUT2D eigenvalue weighted by Crippen LogP contribution is 2.42. The summed E-state index contributed by atoms with van der Waals surface area (Å²) < 4.78 is 5.37. The van der Waals surface area contributed by atoms with Gasteiger partial charge in [-0.15, -0.1) is 0 Å². The van der Waals surface area contributed by atoms with E-state index in [4.69, 9.17) is 4.74 Å². The second-order valence-electron chi connectivity index (χ2n) is 7.39. The van der Waals surface area contributed by atoms with Crippen LogP contribution in [0.2, 0.25) is 0 Å². The number of alkyl halides is 1. The molecule has 0 saturated heterocycles. The molecule has 2 aliphatic carbocycles. The Bertz CT molecular complexity index is 315. The molecule has 0 aromatic carbocycles. The van der Waals surface area contributed by atoms with Gasteiger partial charge in [-0.3, -0.25) is 4.79 Å². The van der Waals surface area contributed by atoms with Gasteiger partial charge in [-0.05, 0) is 62.7 Å². The SMILES string of the molecule is CCCC1CCC(C2CCC(C(=O)OCCCBr)CC2)CC1. The first-order valence-corrected chi connectivity index (χ1v) is 10.6. The molecule has 0 spiro atoms. The molecular formula is C19H33BrO2. The van der Waals surface area contributed by atoms with Crippen molar-refractivity contribution in [2.45, 2.75) is 77.6 Å². The third kappa shape index (κ3) is 5.54. The largest absolute Gasteiger partial charge is 0.465 e. The molecule has 0 unspecified atom stereocenters. The van der Waals surface area contributed by atoms with Crippen LogP contribution >= 0.6 is 15.9 Å². The van der Waals surface area contributed by atoms with Crippen LogP contribution in [0.1, 0.15) is 77.6 Å². The predicted octanol–water partition coefficient (Wildman–Crippen LogP) is 5.73. The predicted molar refractivity (Wildman–Crippen MR) is 95.2 cm³/mol. The second kappa shape index (κ2) is 9.95. The lowest BCUT2D eigenvalue weighted by molar-refractivity contribution is -0.150. The Kier molecular flexibility index (Phi) is 8.27. The lowest BCUT2D eigenvalue weighted by Crippen LogP contribution is -2.29. The number of carbonyl (C=O) groups excluding carboxylic acids is 1. The zero-order valence-electron chi connectivity index (χ0n) is 14.2. The minimum absolute atomic E-state index is 0.0612. The Labute approximate surface area is 144 Å². The molecule has 0 radical (unpaired) electrons. The quantitative estimate of drug-likeness (QED) is 0.324. The summed E-state index contributed by atoms with van der Waals surface area (Å²) in [7, 11) is 0. The summed E-state index contributed by atoms with van der Waals surface area (Å²) >= 11 is 3.37. The Balaban J connectivity index is 1.66. The summed E-state index contributed by atoms with van der Waals surface area (Å²) in [5.41, 5.74) is 0. The number of esters is 1. The van der Waals surface area contributed by atoms with Gasteiger partial charge in [0.05, 0.1) is 12.5 Å². The molecule has 2 saturated carbocycles. The van der Waals surface area contributed by atoms with E-state index in [9.17, 15) is 4.79 Å². The van der Waals surface area contributed by atoms with Gasteiger partial charge in [-0.1, -0.05) is 48.5 Å². The Morgan fingerprint density at radius 3 is 2.14 bits per heavy atom. The number of ether oxygens (including phenoxy) is 1. The topological polar surface area (TPSA) is 26.3 Å². The third-order valence-corrected chi connectivity index (χ3v) is 6.44. The fraction of sp³-hybridized carbons (Fsp3) is 0.947. The van der Waals surface area contributed by atoms with E-state index in [0.29, 0.717) is 6.61 Å². The lowest BCUT2D eigenvalue weighted by atomic mass is 9.69. The average Bonchev–Trinajstić information content (AvgIpc) is 2.56. The summed E-state index contributed by atoms with van der Waals surface area (Å²) in [6.45, 7) is 2.88. The minimum atomic E-state index is 0.0612. The molecule has 3 heteroatoms. The summed E-state index contributed by atoms with van der Waals surface area (Å²) in [6, 6.07) is 0. The Hall–Kier alpha value is -0.0500. The first-order chi connectivity index (χ1) is 10.7. The van der Waals surface area contributed by atoms with E-state index in [-0.39, 0.29) is 11.9 Å². The highest BCUT2D eigenvalue weighted by atomic mass is 79.9. The number of halogens is 1. The van der Waals surface area contributed by atoms with Crippen LogP contribution in [-0.4, -0.2) is 17.9 Å². The van der Waals surface area contributed by atoms with Crippen LogP contribution in [0.15, 0.2) is 0 Å². The van der Waals surface area contributed by atoms with Gasteiger partial charge in [0.1, 0.15) is 0 Å². The minimum Gasteiger partial charge on any atom is -0.465 e. The van der Waals surface area contributed by atoms with Crippen LogP contribution < -0.4 is 0 Å². The van der Waals surface area contributed by atoms with E-state index in [0.717, 1.165) is 42.3 Å². The smallest absolute Gasteiger partial charge is 0.308 e. The van der Waals surface area contributed by atoms with E-state index < -0.39 is 0 Å². The molecular weight excluding hydrogens is 340 g/mol. The molecule has 2 rings (SSSR count). The number of rotatable bonds is 7. The summed E-state index contributed by atoms with van der Waals surface area (Å²) in [5, 5.41) is 0.910. The summed E-state index contributed by atoms with van der Waals surface area (Å²) in [5.74, 6) is 3.07. The van der Waals surface area contributed by atoms with Crippen molar-refractivity contribution < 1.29 is 9.53 Å². The van der Waals surface area contributed by atoms with E-state index in [1.807, 2.05) is 0 Å². The van der Waals surface area contributed by atoms with Crippen molar-refractivity contribution in [3.05, 3.63) is 0 Å². The zero-order valence-corrected chi connectivity index (χ0v) is 15.8. The number of carbonyl (C=O) groups is 1. The lowest BCUT2D eigenvalue weighted by Gasteiger charge is -2.37. The van der Waals surface area contributed by atoms with Crippen molar-refractivity contribution in [3.8, 4) is 0 Å². The van der Waals surface area contributed by atoms with E-state index >= 15 is 0 Å². The molecule has 0 amide bonds. The van der Waals surface area contributed by atoms with Gasteiger partial charge in [0, 0.05) is 5.33 Å². The Morgan fingerprint density at radius 2 is 1.59 bits per heavy atom. The van der Waals surface area contributed by atoms with Gasteiger partial charge < -0.3 is 4.74 Å². The van der Waals surface area contributed by atoms with Crippen LogP contribution in [0.4, 0.5) is 0 Å². The fourth-order valence-electron chi connectivity index (χ4n) is 4.53. The van der Waals surface area contributed by atoms with Crippen LogP contribution in [0.3, 0.4) is 0 Å². The molecule has 0 aromatic heterocycles. The molecule has 128 valence electrons. The maximum Gasteiger partial charge on any atom is 0.308 e. The molecule has 0 aliphatic heterocycles. The van der Waals surface area contributed by atoms with Gasteiger partial charge in [-0.25, -0.2) is 0 Å². The molecule has 2 fully saturated rings. The van der Waals surface area contributed by atoms with E-state index in [1.54, 1.807) is 0 Å². The highest BCUT2D eigenvalue weighted by Gasteiger charge is 2.33. The van der Waals surface area contributed by atoms with E-state index in [2.05, 4.69) is 22.9 Å². The van der Waals surface area contributed by atoms with Crippen LogP contribution in [0.25, 0.3) is 0 Å². The van der Waals surface area contributed by atoms with Crippen LogP contribution in [0.5, 0.6) is 0 Å². The van der Waals surface area contributed by atoms with Crippen molar-refractivity contribution in [1.82, 2.24) is 0 Å². The number of hydrogen-bond donors (Lipinski definition) is 0. The second-order valence-corrected chi connectivity index (χ2v) is 8.18. The van der Waals surface area contributed by atoms with Crippen molar-refractivity contribution in [1.29, 1.82) is 0 Å². The first kappa shape index (κ1) is 18.3. The zero-order chi connectivity index (χ0) is 15.8. The average molecular weight is 373 g/mol. The maximum atomic E-state index is 12.0. The molecule has 0 N–H and O–H groups in total.